The first-order valence-corrected chi connectivity index (χ1v) is 7.93. The molecule has 2 nitrogen and oxygen atoms in total. The van der Waals surface area contributed by atoms with Gasteiger partial charge in [0.2, 0.25) is 0 Å². The van der Waals surface area contributed by atoms with Gasteiger partial charge in [-0.05, 0) is 38.5 Å². The van der Waals surface area contributed by atoms with Gasteiger partial charge < -0.3 is 5.11 Å². The SMILES string of the molecule is CC/C=C\C/C=C\C/C=C\C/C=C\CC/C=C/C=C/C(=O)O. The fraction of sp³-hybridized carbons (Fsp3) is 0.350. The zero-order chi connectivity index (χ0) is 16.3. The van der Waals surface area contributed by atoms with Crippen LogP contribution in [0.15, 0.2) is 72.9 Å². The summed E-state index contributed by atoms with van der Waals surface area (Å²) in [7, 11) is 0. The van der Waals surface area contributed by atoms with E-state index in [1.54, 1.807) is 12.2 Å². The van der Waals surface area contributed by atoms with Gasteiger partial charge >= 0.3 is 5.97 Å². The van der Waals surface area contributed by atoms with Crippen molar-refractivity contribution in [2.75, 3.05) is 0 Å². The minimum Gasteiger partial charge on any atom is -0.478 e. The van der Waals surface area contributed by atoms with E-state index < -0.39 is 5.97 Å². The summed E-state index contributed by atoms with van der Waals surface area (Å²) in [6, 6.07) is 0. The smallest absolute Gasteiger partial charge is 0.328 e. The molecule has 0 rings (SSSR count). The van der Waals surface area contributed by atoms with Crippen LogP contribution in [0.1, 0.15) is 45.4 Å². The average molecular weight is 300 g/mol. The second-order valence-corrected chi connectivity index (χ2v) is 4.70. The summed E-state index contributed by atoms with van der Waals surface area (Å²) in [6.07, 6.45) is 29.8. The second kappa shape index (κ2) is 17.0. The third-order valence-electron chi connectivity index (χ3n) is 2.70. The van der Waals surface area contributed by atoms with Gasteiger partial charge in [-0.3, -0.25) is 0 Å². The number of hydrogen-bond donors (Lipinski definition) is 1. The Morgan fingerprint density at radius 3 is 1.77 bits per heavy atom. The summed E-state index contributed by atoms with van der Waals surface area (Å²) in [6.45, 7) is 2.14. The number of hydrogen-bond acceptors (Lipinski definition) is 1. The Bertz CT molecular complexity index is 435. The summed E-state index contributed by atoms with van der Waals surface area (Å²) in [4.78, 5) is 10.2. The lowest BCUT2D eigenvalue weighted by Gasteiger charge is -1.86. The standard InChI is InChI=1S/C20H28O2/c1-2-3-4-5-6-7-8-9-10-11-12-13-14-15-16-17-18-19-20(21)22/h3-4,6-7,9-10,12-13,16-19H,2,5,8,11,14-15H2,1H3,(H,21,22)/b4-3-,7-6-,10-9-,13-12-,17-16+,19-18+. The molecule has 1 N–H and O–H groups in total. The summed E-state index contributed by atoms with van der Waals surface area (Å²) in [5.41, 5.74) is 0. The van der Waals surface area contributed by atoms with Crippen molar-refractivity contribution in [3.8, 4) is 0 Å². The summed E-state index contributed by atoms with van der Waals surface area (Å²) in [5.74, 6) is -0.913. The van der Waals surface area contributed by atoms with Gasteiger partial charge in [-0.25, -0.2) is 4.79 Å². The van der Waals surface area contributed by atoms with Gasteiger partial charge in [-0.1, -0.05) is 73.8 Å². The first-order chi connectivity index (χ1) is 10.8. The molecule has 0 unspecified atom stereocenters. The van der Waals surface area contributed by atoms with Crippen molar-refractivity contribution in [2.24, 2.45) is 0 Å². The Balaban J connectivity index is 3.52. The van der Waals surface area contributed by atoms with Gasteiger partial charge in [0.05, 0.1) is 0 Å². The zero-order valence-corrected chi connectivity index (χ0v) is 13.5. The highest BCUT2D eigenvalue weighted by Crippen LogP contribution is 1.97. The number of carboxylic acids is 1. The molecule has 0 saturated carbocycles. The maximum absolute atomic E-state index is 10.2. The highest BCUT2D eigenvalue weighted by molar-refractivity contribution is 5.80. The van der Waals surface area contributed by atoms with Crippen LogP contribution in [0, 0.1) is 0 Å². The molecule has 0 aromatic heterocycles. The van der Waals surface area contributed by atoms with E-state index in [-0.39, 0.29) is 0 Å². The maximum atomic E-state index is 10.2. The molecular weight excluding hydrogens is 272 g/mol. The first-order valence-electron chi connectivity index (χ1n) is 7.93. The van der Waals surface area contributed by atoms with Crippen LogP contribution in [0.3, 0.4) is 0 Å². The Morgan fingerprint density at radius 2 is 1.23 bits per heavy atom. The van der Waals surface area contributed by atoms with Gasteiger partial charge in [0, 0.05) is 6.08 Å². The van der Waals surface area contributed by atoms with Crippen molar-refractivity contribution in [1.29, 1.82) is 0 Å². The number of carboxylic acid groups (broad SMARTS) is 1. The van der Waals surface area contributed by atoms with E-state index in [4.69, 9.17) is 5.11 Å². The van der Waals surface area contributed by atoms with Crippen LogP contribution in [-0.4, -0.2) is 11.1 Å². The van der Waals surface area contributed by atoms with Crippen LogP contribution in [0.4, 0.5) is 0 Å². The van der Waals surface area contributed by atoms with Crippen molar-refractivity contribution < 1.29 is 9.90 Å². The number of unbranched alkanes of at least 4 members (excludes halogenated alkanes) is 1. The molecule has 0 amide bonds. The Morgan fingerprint density at radius 1 is 0.727 bits per heavy atom. The lowest BCUT2D eigenvalue weighted by molar-refractivity contribution is -0.131. The normalized spacial score (nSPS) is 13.1. The van der Waals surface area contributed by atoms with Crippen LogP contribution >= 0.6 is 0 Å². The van der Waals surface area contributed by atoms with Crippen molar-refractivity contribution in [1.82, 2.24) is 0 Å². The van der Waals surface area contributed by atoms with Crippen molar-refractivity contribution in [3.63, 3.8) is 0 Å². The lowest BCUT2D eigenvalue weighted by Crippen LogP contribution is -1.84. The van der Waals surface area contributed by atoms with Gasteiger partial charge in [-0.2, -0.15) is 0 Å². The molecule has 120 valence electrons. The van der Waals surface area contributed by atoms with Crippen LogP contribution in [0.25, 0.3) is 0 Å². The van der Waals surface area contributed by atoms with Gasteiger partial charge in [0.1, 0.15) is 0 Å². The zero-order valence-electron chi connectivity index (χ0n) is 13.5. The summed E-state index contributed by atoms with van der Waals surface area (Å²) in [5, 5.41) is 8.39. The highest BCUT2D eigenvalue weighted by Gasteiger charge is 1.80. The molecule has 0 aliphatic heterocycles. The Hall–Kier alpha value is -2.09. The fourth-order valence-corrected chi connectivity index (χ4v) is 1.60. The lowest BCUT2D eigenvalue weighted by atomic mass is 10.2. The Labute approximate surface area is 134 Å². The molecule has 0 spiro atoms. The summed E-state index contributed by atoms with van der Waals surface area (Å²) < 4.78 is 0. The maximum Gasteiger partial charge on any atom is 0.328 e. The molecule has 0 heterocycles. The largest absolute Gasteiger partial charge is 0.478 e. The van der Waals surface area contributed by atoms with E-state index >= 15 is 0 Å². The fourth-order valence-electron chi connectivity index (χ4n) is 1.60. The van der Waals surface area contributed by atoms with E-state index in [0.29, 0.717) is 0 Å². The van der Waals surface area contributed by atoms with E-state index in [1.807, 2.05) is 6.08 Å². The van der Waals surface area contributed by atoms with Crippen molar-refractivity contribution >= 4 is 5.97 Å². The molecule has 0 aliphatic carbocycles. The third kappa shape index (κ3) is 17.9. The molecule has 22 heavy (non-hydrogen) atoms. The first kappa shape index (κ1) is 19.9. The molecule has 0 atom stereocenters. The van der Waals surface area contributed by atoms with Crippen LogP contribution in [0.2, 0.25) is 0 Å². The number of carbonyl (C=O) groups is 1. The van der Waals surface area contributed by atoms with Crippen molar-refractivity contribution in [3.05, 3.63) is 72.9 Å². The number of rotatable bonds is 12. The molecule has 0 bridgehead atoms. The molecule has 0 aliphatic rings. The molecule has 0 aromatic carbocycles. The number of aliphatic carboxylic acids is 1. The quantitative estimate of drug-likeness (QED) is 0.215. The van der Waals surface area contributed by atoms with Crippen LogP contribution in [0.5, 0.6) is 0 Å². The van der Waals surface area contributed by atoms with Crippen LogP contribution in [-0.2, 0) is 4.79 Å². The molecular formula is C20H28O2. The van der Waals surface area contributed by atoms with E-state index in [1.165, 1.54) is 0 Å². The predicted molar refractivity (Wildman–Crippen MR) is 95.9 cm³/mol. The summed E-state index contributed by atoms with van der Waals surface area (Å²) >= 11 is 0. The molecule has 0 aromatic rings. The average Bonchev–Trinajstić information content (AvgIpc) is 2.50. The second-order valence-electron chi connectivity index (χ2n) is 4.70. The molecule has 0 saturated heterocycles. The minimum absolute atomic E-state index is 0.913. The number of allylic oxidation sites excluding steroid dienone is 11. The minimum atomic E-state index is -0.913. The van der Waals surface area contributed by atoms with Crippen LogP contribution < -0.4 is 0 Å². The topological polar surface area (TPSA) is 37.3 Å². The van der Waals surface area contributed by atoms with Crippen molar-refractivity contribution in [2.45, 2.75) is 45.4 Å². The van der Waals surface area contributed by atoms with E-state index in [0.717, 1.165) is 44.6 Å². The predicted octanol–water partition coefficient (Wildman–Crippen LogP) is 5.77. The van der Waals surface area contributed by atoms with Gasteiger partial charge in [-0.15, -0.1) is 0 Å². The highest BCUT2D eigenvalue weighted by atomic mass is 16.4. The van der Waals surface area contributed by atoms with Gasteiger partial charge in [0.15, 0.2) is 0 Å². The Kier molecular flexibility index (Phi) is 15.4. The van der Waals surface area contributed by atoms with E-state index in [9.17, 15) is 4.79 Å². The molecule has 0 fully saturated rings. The monoisotopic (exact) mass is 300 g/mol. The van der Waals surface area contributed by atoms with Gasteiger partial charge in [0.25, 0.3) is 0 Å². The van der Waals surface area contributed by atoms with E-state index in [2.05, 4.69) is 55.5 Å². The molecule has 0 radical (unpaired) electrons. The third-order valence-corrected chi connectivity index (χ3v) is 2.70. The molecule has 2 heteroatoms.